The van der Waals surface area contributed by atoms with Gasteiger partial charge in [-0.3, -0.25) is 4.79 Å². The number of carbonyl (C=O) groups excluding carboxylic acids is 1. The van der Waals surface area contributed by atoms with Crippen molar-refractivity contribution in [2.24, 2.45) is 5.92 Å². The van der Waals surface area contributed by atoms with Crippen LogP contribution in [0.3, 0.4) is 0 Å². The van der Waals surface area contributed by atoms with Crippen molar-refractivity contribution in [3.8, 4) is 0 Å². The summed E-state index contributed by atoms with van der Waals surface area (Å²) in [6.45, 7) is 0.695. The van der Waals surface area contributed by atoms with Crippen molar-refractivity contribution in [2.45, 2.75) is 22.9 Å². The third-order valence-electron chi connectivity index (χ3n) is 4.07. The van der Waals surface area contributed by atoms with Crippen LogP contribution in [0.25, 0.3) is 0 Å². The fraction of sp³-hybridized carbons (Fsp3) is 0.438. The number of hydrogen-bond donors (Lipinski definition) is 1. The quantitative estimate of drug-likeness (QED) is 0.579. The zero-order valence-corrected chi connectivity index (χ0v) is 16.7. The molecule has 10 heteroatoms. The Morgan fingerprint density at radius 1 is 1.35 bits per heavy atom. The average Bonchev–Trinajstić information content (AvgIpc) is 3.07. The second kappa shape index (κ2) is 8.47. The number of hydrogen-bond acceptors (Lipinski definition) is 7. The van der Waals surface area contributed by atoms with Gasteiger partial charge in [0.15, 0.2) is 4.34 Å². The van der Waals surface area contributed by atoms with Crippen molar-refractivity contribution in [1.29, 1.82) is 0 Å². The predicted molar refractivity (Wildman–Crippen MR) is 104 cm³/mol. The van der Waals surface area contributed by atoms with Gasteiger partial charge in [-0.15, -0.1) is 10.2 Å². The smallest absolute Gasteiger partial charge is 0.230 e. The minimum Gasteiger partial charge on any atom is -0.300 e. The molecule has 2 heterocycles. The summed E-state index contributed by atoms with van der Waals surface area (Å²) in [5.41, 5.74) is 1.20. The number of nitrogens with one attached hydrogen (secondary N) is 1. The molecular weight excluding hydrogens is 392 g/mol. The number of nitrogens with zero attached hydrogens (tertiary/aromatic N) is 3. The van der Waals surface area contributed by atoms with Gasteiger partial charge in [-0.05, 0) is 18.4 Å². The van der Waals surface area contributed by atoms with Crippen LogP contribution in [0.1, 0.15) is 18.4 Å². The van der Waals surface area contributed by atoms with Crippen LogP contribution < -0.4 is 5.32 Å². The van der Waals surface area contributed by atoms with Gasteiger partial charge in [-0.2, -0.15) is 0 Å². The number of aromatic nitrogens is 2. The van der Waals surface area contributed by atoms with E-state index in [1.54, 1.807) is 11.8 Å². The number of thioether (sulfide) groups is 1. The largest absolute Gasteiger partial charge is 0.300 e. The molecule has 0 aliphatic carbocycles. The van der Waals surface area contributed by atoms with E-state index < -0.39 is 10.0 Å². The molecular formula is C16H20N4O3S3. The molecule has 140 valence electrons. The van der Waals surface area contributed by atoms with Crippen LogP contribution in [0.2, 0.25) is 0 Å². The van der Waals surface area contributed by atoms with Crippen LogP contribution >= 0.6 is 23.1 Å². The molecule has 7 nitrogen and oxygen atoms in total. The van der Waals surface area contributed by atoms with Crippen LogP contribution in [-0.4, -0.2) is 48.2 Å². The van der Waals surface area contributed by atoms with E-state index in [1.807, 2.05) is 30.3 Å². The van der Waals surface area contributed by atoms with Crippen LogP contribution in [0, 0.1) is 5.92 Å². The van der Waals surface area contributed by atoms with E-state index in [4.69, 9.17) is 0 Å². The maximum absolute atomic E-state index is 12.4. The fourth-order valence-electron chi connectivity index (χ4n) is 2.70. The first kappa shape index (κ1) is 19.3. The lowest BCUT2D eigenvalue weighted by Gasteiger charge is -2.29. The summed E-state index contributed by atoms with van der Waals surface area (Å²) < 4.78 is 25.5. The summed E-state index contributed by atoms with van der Waals surface area (Å²) in [7, 11) is -3.27. The topological polar surface area (TPSA) is 92.3 Å². The Hall–Kier alpha value is -1.49. The van der Waals surface area contributed by atoms with Gasteiger partial charge in [0.1, 0.15) is 0 Å². The Balaban J connectivity index is 1.54. The number of benzene rings is 1. The van der Waals surface area contributed by atoms with Crippen LogP contribution in [0.15, 0.2) is 34.7 Å². The molecule has 0 bridgehead atoms. The lowest BCUT2D eigenvalue weighted by Crippen LogP contribution is -2.43. The van der Waals surface area contributed by atoms with Crippen LogP contribution in [-0.2, 0) is 20.6 Å². The van der Waals surface area contributed by atoms with E-state index in [9.17, 15) is 13.2 Å². The minimum atomic E-state index is -3.27. The molecule has 1 fully saturated rings. The van der Waals surface area contributed by atoms with Gasteiger partial charge in [0.2, 0.25) is 21.1 Å². The third kappa shape index (κ3) is 5.26. The molecule has 1 aromatic carbocycles. The van der Waals surface area contributed by atoms with Crippen molar-refractivity contribution in [2.75, 3.05) is 24.7 Å². The van der Waals surface area contributed by atoms with Crippen molar-refractivity contribution in [3.05, 3.63) is 35.9 Å². The maximum atomic E-state index is 12.4. The zero-order valence-electron chi connectivity index (χ0n) is 14.3. The molecule has 0 spiro atoms. The average molecular weight is 413 g/mol. The zero-order chi connectivity index (χ0) is 18.6. The summed E-state index contributed by atoms with van der Waals surface area (Å²) >= 11 is 2.89. The molecule has 1 saturated heterocycles. The van der Waals surface area contributed by atoms with Gasteiger partial charge in [-0.25, -0.2) is 12.7 Å². The van der Waals surface area contributed by atoms with Crippen LogP contribution in [0.4, 0.5) is 5.13 Å². The van der Waals surface area contributed by atoms with E-state index in [-0.39, 0.29) is 18.4 Å². The highest BCUT2D eigenvalue weighted by Gasteiger charge is 2.30. The maximum Gasteiger partial charge on any atom is 0.230 e. The highest BCUT2D eigenvalue weighted by atomic mass is 32.2. The Labute approximate surface area is 161 Å². The Bertz CT molecular complexity index is 855. The lowest BCUT2D eigenvalue weighted by molar-refractivity contribution is -0.120. The van der Waals surface area contributed by atoms with Crippen molar-refractivity contribution in [1.82, 2.24) is 14.5 Å². The van der Waals surface area contributed by atoms with Gasteiger partial charge in [-0.1, -0.05) is 53.4 Å². The molecule has 0 saturated carbocycles. The van der Waals surface area contributed by atoms with Gasteiger partial charge < -0.3 is 5.32 Å². The molecule has 1 N–H and O–H groups in total. The first-order chi connectivity index (χ1) is 12.4. The molecule has 1 aliphatic heterocycles. The van der Waals surface area contributed by atoms with Crippen molar-refractivity contribution >= 4 is 44.2 Å². The third-order valence-corrected chi connectivity index (χ3v) is 7.38. The summed E-state index contributed by atoms with van der Waals surface area (Å²) in [5.74, 6) is 0.229. The molecule has 1 amide bonds. The van der Waals surface area contributed by atoms with Gasteiger partial charge in [0, 0.05) is 18.8 Å². The molecule has 2 aromatic rings. The standard InChI is InChI=1S/C16H20N4O3S3/c1-26(22,23)20-9-5-8-13(10-20)14(21)17-15-18-19-16(25-15)24-11-12-6-3-2-4-7-12/h2-4,6-7,13H,5,8-11H2,1H3,(H,17,18,21). The van der Waals surface area contributed by atoms with E-state index >= 15 is 0 Å². The van der Waals surface area contributed by atoms with E-state index in [1.165, 1.54) is 27.5 Å². The minimum absolute atomic E-state index is 0.200. The molecule has 1 aromatic heterocycles. The number of anilines is 1. The number of amides is 1. The molecule has 0 radical (unpaired) electrons. The van der Waals surface area contributed by atoms with E-state index in [2.05, 4.69) is 15.5 Å². The van der Waals surface area contributed by atoms with Crippen molar-refractivity contribution < 1.29 is 13.2 Å². The number of carbonyl (C=O) groups is 1. The fourth-order valence-corrected chi connectivity index (χ4v) is 5.33. The Kier molecular flexibility index (Phi) is 6.28. The van der Waals surface area contributed by atoms with Gasteiger partial charge in [0.25, 0.3) is 0 Å². The second-order valence-corrected chi connectivity index (χ2v) is 10.3. The Morgan fingerprint density at radius 2 is 2.12 bits per heavy atom. The number of sulfonamides is 1. The van der Waals surface area contributed by atoms with Gasteiger partial charge >= 0.3 is 0 Å². The monoisotopic (exact) mass is 412 g/mol. The SMILES string of the molecule is CS(=O)(=O)N1CCCC(C(=O)Nc2nnc(SCc3ccccc3)s2)C1. The number of piperidine rings is 1. The van der Waals surface area contributed by atoms with E-state index in [0.29, 0.717) is 24.5 Å². The molecule has 26 heavy (non-hydrogen) atoms. The Morgan fingerprint density at radius 3 is 2.85 bits per heavy atom. The molecule has 1 unspecified atom stereocenters. The highest BCUT2D eigenvalue weighted by Crippen LogP contribution is 2.29. The summed E-state index contributed by atoms with van der Waals surface area (Å²) in [6.07, 6.45) is 2.53. The van der Waals surface area contributed by atoms with Crippen molar-refractivity contribution in [3.63, 3.8) is 0 Å². The highest BCUT2D eigenvalue weighted by molar-refractivity contribution is 8.00. The normalized spacial score (nSPS) is 18.6. The van der Waals surface area contributed by atoms with Crippen LogP contribution in [0.5, 0.6) is 0 Å². The predicted octanol–water partition coefficient (Wildman–Crippen LogP) is 2.44. The summed E-state index contributed by atoms with van der Waals surface area (Å²) in [4.78, 5) is 12.4. The summed E-state index contributed by atoms with van der Waals surface area (Å²) in [6, 6.07) is 10.1. The second-order valence-electron chi connectivity index (χ2n) is 6.10. The first-order valence-corrected chi connectivity index (χ1v) is 11.8. The first-order valence-electron chi connectivity index (χ1n) is 8.18. The number of rotatable bonds is 6. The molecule has 3 rings (SSSR count). The summed E-state index contributed by atoms with van der Waals surface area (Å²) in [5, 5.41) is 11.3. The van der Waals surface area contributed by atoms with Gasteiger partial charge in [0.05, 0.1) is 12.2 Å². The molecule has 1 atom stereocenters. The van der Waals surface area contributed by atoms with E-state index in [0.717, 1.165) is 10.1 Å². The molecule has 1 aliphatic rings. The lowest BCUT2D eigenvalue weighted by atomic mass is 9.99.